The Hall–Kier alpha value is -2.60. The number of nitrogens with zero attached hydrogens (tertiary/aromatic N) is 3. The Kier molecular flexibility index (Phi) is 6.70. The largest absolute Gasteiger partial charge is 0.378 e. The molecule has 1 aliphatic heterocycles. The molecule has 3 aromatic rings. The normalized spacial score (nSPS) is 14.3. The van der Waals surface area contributed by atoms with Crippen LogP contribution in [0.1, 0.15) is 5.56 Å². The average Bonchev–Trinajstić information content (AvgIpc) is 2.78. The monoisotopic (exact) mass is 471 g/mol. The molecule has 1 aliphatic rings. The summed E-state index contributed by atoms with van der Waals surface area (Å²) in [6.07, 6.45) is 1.57. The van der Waals surface area contributed by atoms with Crippen LogP contribution >= 0.6 is 18.7 Å². The molecule has 9 heteroatoms. The number of anilines is 5. The van der Waals surface area contributed by atoms with Gasteiger partial charge in [-0.3, -0.25) is 0 Å². The number of aryl methyl sites for hydroxylation is 1. The third-order valence-electron chi connectivity index (χ3n) is 5.33. The van der Waals surface area contributed by atoms with Gasteiger partial charge in [0.15, 0.2) is 5.82 Å². The molecule has 168 valence electrons. The summed E-state index contributed by atoms with van der Waals surface area (Å²) in [5.41, 5.74) is 3.87. The Balaban J connectivity index is 1.49. The van der Waals surface area contributed by atoms with Gasteiger partial charge in [0.2, 0.25) is 5.95 Å². The predicted octanol–water partition coefficient (Wildman–Crippen LogP) is 5.01. The van der Waals surface area contributed by atoms with E-state index in [1.54, 1.807) is 19.5 Å². The standard InChI is InChI=1S/C23H27ClN5O2P/c1-16-14-19(32(2,3)30)8-9-21(16)27-23-25-15-20(24)22(28-23)26-17-4-6-18(7-5-17)29-10-12-31-13-11-29/h4-9,14-15H,10-13H2,1-3H3,(H2,25,26,27,28). The topological polar surface area (TPSA) is 79.4 Å². The molecule has 7 nitrogen and oxygen atoms in total. The van der Waals surface area contributed by atoms with Gasteiger partial charge in [-0.25, -0.2) is 4.98 Å². The lowest BCUT2D eigenvalue weighted by atomic mass is 10.2. The van der Waals surface area contributed by atoms with Crippen molar-refractivity contribution in [3.05, 3.63) is 59.2 Å². The van der Waals surface area contributed by atoms with Crippen molar-refractivity contribution in [1.29, 1.82) is 0 Å². The minimum absolute atomic E-state index is 0.425. The number of aromatic nitrogens is 2. The van der Waals surface area contributed by atoms with E-state index in [9.17, 15) is 4.57 Å². The van der Waals surface area contributed by atoms with Gasteiger partial charge in [0.1, 0.15) is 12.2 Å². The number of morpholine rings is 1. The molecule has 2 aromatic carbocycles. The lowest BCUT2D eigenvalue weighted by Gasteiger charge is -2.28. The number of nitrogens with one attached hydrogen (secondary N) is 2. The van der Waals surface area contributed by atoms with Crippen molar-refractivity contribution >= 4 is 52.9 Å². The molecule has 0 amide bonds. The minimum Gasteiger partial charge on any atom is -0.378 e. The number of hydrogen-bond donors (Lipinski definition) is 2. The molecule has 1 fully saturated rings. The summed E-state index contributed by atoms with van der Waals surface area (Å²) in [6, 6.07) is 13.9. The third kappa shape index (κ3) is 5.41. The highest BCUT2D eigenvalue weighted by Gasteiger charge is 2.14. The van der Waals surface area contributed by atoms with E-state index in [-0.39, 0.29) is 0 Å². The lowest BCUT2D eigenvalue weighted by molar-refractivity contribution is 0.122. The molecule has 0 radical (unpaired) electrons. The first-order chi connectivity index (χ1) is 15.3. The van der Waals surface area contributed by atoms with Gasteiger partial charge in [-0.05, 0) is 68.3 Å². The quantitative estimate of drug-likeness (QED) is 0.489. The Labute approximate surface area is 193 Å². The van der Waals surface area contributed by atoms with Crippen molar-refractivity contribution in [2.24, 2.45) is 0 Å². The second kappa shape index (κ2) is 9.49. The molecule has 0 bridgehead atoms. The van der Waals surface area contributed by atoms with Crippen molar-refractivity contribution in [3.63, 3.8) is 0 Å². The van der Waals surface area contributed by atoms with E-state index in [4.69, 9.17) is 16.3 Å². The Morgan fingerprint density at radius 2 is 1.78 bits per heavy atom. The van der Waals surface area contributed by atoms with E-state index in [0.29, 0.717) is 16.8 Å². The number of ether oxygens (including phenoxy) is 1. The van der Waals surface area contributed by atoms with Crippen LogP contribution in [0.25, 0.3) is 0 Å². The molecule has 4 rings (SSSR count). The van der Waals surface area contributed by atoms with Gasteiger partial charge in [-0.2, -0.15) is 4.98 Å². The molecule has 2 N–H and O–H groups in total. The van der Waals surface area contributed by atoms with Gasteiger partial charge in [0, 0.05) is 35.5 Å². The van der Waals surface area contributed by atoms with Gasteiger partial charge >= 0.3 is 0 Å². The summed E-state index contributed by atoms with van der Waals surface area (Å²) in [6.45, 7) is 8.80. The van der Waals surface area contributed by atoms with Crippen LogP contribution in [0.4, 0.5) is 28.8 Å². The summed E-state index contributed by atoms with van der Waals surface area (Å²) >= 11 is 6.34. The molecule has 0 saturated carbocycles. The number of benzene rings is 2. The first-order valence-electron chi connectivity index (χ1n) is 10.5. The lowest BCUT2D eigenvalue weighted by Crippen LogP contribution is -2.36. The number of halogens is 1. The molecule has 1 saturated heterocycles. The molecular weight excluding hydrogens is 445 g/mol. The van der Waals surface area contributed by atoms with Crippen molar-refractivity contribution in [1.82, 2.24) is 9.97 Å². The van der Waals surface area contributed by atoms with E-state index >= 15 is 0 Å². The highest BCUT2D eigenvalue weighted by Crippen LogP contribution is 2.36. The van der Waals surface area contributed by atoms with Crippen molar-refractivity contribution < 1.29 is 9.30 Å². The predicted molar refractivity (Wildman–Crippen MR) is 133 cm³/mol. The maximum atomic E-state index is 12.3. The Morgan fingerprint density at radius 3 is 2.44 bits per heavy atom. The summed E-state index contributed by atoms with van der Waals surface area (Å²) in [7, 11) is -2.31. The Morgan fingerprint density at radius 1 is 1.06 bits per heavy atom. The third-order valence-corrected chi connectivity index (χ3v) is 7.13. The van der Waals surface area contributed by atoms with E-state index in [0.717, 1.165) is 54.2 Å². The van der Waals surface area contributed by atoms with Crippen LogP contribution in [0.5, 0.6) is 0 Å². The molecule has 32 heavy (non-hydrogen) atoms. The molecule has 1 aromatic heterocycles. The first-order valence-corrected chi connectivity index (χ1v) is 13.4. The van der Waals surface area contributed by atoms with E-state index in [2.05, 4.69) is 37.6 Å². The minimum atomic E-state index is -2.31. The van der Waals surface area contributed by atoms with Gasteiger partial charge in [0.05, 0.1) is 19.4 Å². The zero-order valence-corrected chi connectivity index (χ0v) is 20.1. The van der Waals surface area contributed by atoms with Crippen LogP contribution < -0.4 is 20.8 Å². The van der Waals surface area contributed by atoms with Crippen molar-refractivity contribution in [2.75, 3.05) is 55.2 Å². The molecule has 0 spiro atoms. The number of hydrogen-bond acceptors (Lipinski definition) is 7. The van der Waals surface area contributed by atoms with E-state index in [1.807, 2.05) is 37.3 Å². The maximum absolute atomic E-state index is 12.3. The Bertz CT molecular complexity index is 1140. The fraction of sp³-hybridized carbons (Fsp3) is 0.304. The smallest absolute Gasteiger partial charge is 0.229 e. The van der Waals surface area contributed by atoms with Crippen molar-refractivity contribution in [3.8, 4) is 0 Å². The summed E-state index contributed by atoms with van der Waals surface area (Å²) in [4.78, 5) is 11.1. The zero-order chi connectivity index (χ0) is 22.7. The second-order valence-electron chi connectivity index (χ2n) is 8.14. The highest BCUT2D eigenvalue weighted by atomic mass is 35.5. The van der Waals surface area contributed by atoms with Crippen LogP contribution in [0.15, 0.2) is 48.7 Å². The van der Waals surface area contributed by atoms with E-state index in [1.165, 1.54) is 0 Å². The highest BCUT2D eigenvalue weighted by molar-refractivity contribution is 7.70. The van der Waals surface area contributed by atoms with Crippen molar-refractivity contribution in [2.45, 2.75) is 6.92 Å². The van der Waals surface area contributed by atoms with Crippen LogP contribution in [0, 0.1) is 6.92 Å². The fourth-order valence-electron chi connectivity index (χ4n) is 3.47. The van der Waals surface area contributed by atoms with Gasteiger partial charge in [-0.15, -0.1) is 0 Å². The van der Waals surface area contributed by atoms with Gasteiger partial charge in [-0.1, -0.05) is 11.6 Å². The SMILES string of the molecule is Cc1cc(P(C)(C)=O)ccc1Nc1ncc(Cl)c(Nc2ccc(N3CCOCC3)cc2)n1. The van der Waals surface area contributed by atoms with Crippen LogP contribution in [-0.4, -0.2) is 49.6 Å². The van der Waals surface area contributed by atoms with Crippen LogP contribution in [-0.2, 0) is 9.30 Å². The summed E-state index contributed by atoms with van der Waals surface area (Å²) < 4.78 is 17.7. The van der Waals surface area contributed by atoms with E-state index < -0.39 is 7.14 Å². The van der Waals surface area contributed by atoms with Gasteiger partial charge in [0.25, 0.3) is 0 Å². The summed E-state index contributed by atoms with van der Waals surface area (Å²) in [5.74, 6) is 0.943. The van der Waals surface area contributed by atoms with Crippen LogP contribution in [0.2, 0.25) is 5.02 Å². The summed E-state index contributed by atoms with van der Waals surface area (Å²) in [5, 5.41) is 7.77. The molecule has 2 heterocycles. The first kappa shape index (κ1) is 22.6. The molecule has 0 unspecified atom stereocenters. The second-order valence-corrected chi connectivity index (χ2v) is 11.8. The fourth-order valence-corrected chi connectivity index (χ4v) is 4.55. The van der Waals surface area contributed by atoms with Gasteiger partial charge < -0.3 is 24.8 Å². The molecular formula is C23H27ClN5O2P. The number of rotatable bonds is 6. The molecule has 0 aliphatic carbocycles. The maximum Gasteiger partial charge on any atom is 0.229 e. The van der Waals surface area contributed by atoms with Crippen LogP contribution in [0.3, 0.4) is 0 Å². The zero-order valence-electron chi connectivity index (χ0n) is 18.4. The average molecular weight is 472 g/mol. The molecule has 0 atom stereocenters.